The predicted molar refractivity (Wildman–Crippen MR) is 91.7 cm³/mol. The minimum atomic E-state index is -4.67. The number of carbonyl (C=O) groups excluding carboxylic acids is 2. The van der Waals surface area contributed by atoms with Crippen LogP contribution in [0.5, 0.6) is 0 Å². The maximum Gasteiger partial charge on any atom is 0.422 e. The lowest BCUT2D eigenvalue weighted by molar-refractivity contribution is -0.190. The van der Waals surface area contributed by atoms with Gasteiger partial charge in [0.2, 0.25) is 0 Å². The molecule has 1 heterocycles. The number of ether oxygens (including phenoxy) is 1. The third-order valence-electron chi connectivity index (χ3n) is 5.39. The third kappa shape index (κ3) is 4.43. The van der Waals surface area contributed by atoms with Gasteiger partial charge in [0, 0.05) is 24.7 Å². The Hall–Kier alpha value is -2.09. The fourth-order valence-electron chi connectivity index (χ4n) is 3.71. The van der Waals surface area contributed by atoms with Gasteiger partial charge in [-0.3, -0.25) is 9.69 Å². The Balaban J connectivity index is 1.81. The molecule has 0 N–H and O–H groups in total. The Morgan fingerprint density at radius 3 is 2.37 bits per heavy atom. The summed E-state index contributed by atoms with van der Waals surface area (Å²) in [5.74, 6) is -2.49. The average Bonchev–Trinajstić information content (AvgIpc) is 3.37. The monoisotopic (exact) mass is 384 g/mol. The zero-order chi connectivity index (χ0) is 19.8. The molecule has 1 aromatic rings. The summed E-state index contributed by atoms with van der Waals surface area (Å²) < 4.78 is 41.1. The number of esters is 1. The molecule has 1 aliphatic carbocycles. The van der Waals surface area contributed by atoms with Crippen LogP contribution in [0.15, 0.2) is 30.3 Å². The van der Waals surface area contributed by atoms with Crippen LogP contribution in [0.1, 0.15) is 38.3 Å². The molecule has 5 nitrogen and oxygen atoms in total. The molecule has 2 aliphatic rings. The standard InChI is InChI=1S/C19H23F3N2O3/c1-13-10-23(16(25)17(26)27-12-19(20,21)22)15(14-6-4-3-5-7-14)11-24(13)18(2)8-9-18/h3-7,13,15H,8-12H2,1-2H3. The van der Waals surface area contributed by atoms with Gasteiger partial charge < -0.3 is 9.64 Å². The van der Waals surface area contributed by atoms with Crippen molar-refractivity contribution in [2.24, 2.45) is 0 Å². The number of nitrogens with zero attached hydrogens (tertiary/aromatic N) is 2. The van der Waals surface area contributed by atoms with Gasteiger partial charge in [-0.25, -0.2) is 4.79 Å². The minimum absolute atomic E-state index is 0.00294. The number of halogens is 3. The van der Waals surface area contributed by atoms with Crippen molar-refractivity contribution in [2.75, 3.05) is 19.7 Å². The highest BCUT2D eigenvalue weighted by Crippen LogP contribution is 2.45. The average molecular weight is 384 g/mol. The van der Waals surface area contributed by atoms with Crippen LogP contribution in [0.3, 0.4) is 0 Å². The van der Waals surface area contributed by atoms with Crippen LogP contribution in [0, 0.1) is 0 Å². The number of carbonyl (C=O) groups is 2. The van der Waals surface area contributed by atoms with Crippen LogP contribution in [-0.4, -0.2) is 59.1 Å². The smallest absolute Gasteiger partial charge is 0.422 e. The van der Waals surface area contributed by atoms with Gasteiger partial charge >= 0.3 is 18.1 Å². The SMILES string of the molecule is CC1CN(C(=O)C(=O)OCC(F)(F)F)C(c2ccccc2)CN1C1(C)CC1. The van der Waals surface area contributed by atoms with E-state index in [4.69, 9.17) is 0 Å². The van der Waals surface area contributed by atoms with Gasteiger partial charge in [0.1, 0.15) is 0 Å². The summed E-state index contributed by atoms with van der Waals surface area (Å²) >= 11 is 0. The summed E-state index contributed by atoms with van der Waals surface area (Å²) in [6.45, 7) is 3.16. The molecule has 2 atom stereocenters. The van der Waals surface area contributed by atoms with E-state index in [2.05, 4.69) is 16.6 Å². The quantitative estimate of drug-likeness (QED) is 0.594. The number of amides is 1. The van der Waals surface area contributed by atoms with E-state index in [0.29, 0.717) is 6.54 Å². The molecule has 1 aliphatic heterocycles. The second-order valence-corrected chi connectivity index (χ2v) is 7.57. The molecule has 1 saturated carbocycles. The van der Waals surface area contributed by atoms with E-state index >= 15 is 0 Å². The summed E-state index contributed by atoms with van der Waals surface area (Å²) in [5.41, 5.74) is 0.925. The van der Waals surface area contributed by atoms with Crippen LogP contribution >= 0.6 is 0 Å². The second kappa shape index (κ2) is 7.14. The topological polar surface area (TPSA) is 49.9 Å². The minimum Gasteiger partial charge on any atom is -0.449 e. The van der Waals surface area contributed by atoms with E-state index in [-0.39, 0.29) is 18.1 Å². The van der Waals surface area contributed by atoms with Crippen molar-refractivity contribution >= 4 is 11.9 Å². The number of hydrogen-bond acceptors (Lipinski definition) is 4. The van der Waals surface area contributed by atoms with Crippen molar-refractivity contribution in [3.63, 3.8) is 0 Å². The third-order valence-corrected chi connectivity index (χ3v) is 5.39. The zero-order valence-electron chi connectivity index (χ0n) is 15.3. The Morgan fingerprint density at radius 1 is 1.19 bits per heavy atom. The van der Waals surface area contributed by atoms with Gasteiger partial charge in [-0.15, -0.1) is 0 Å². The first-order chi connectivity index (χ1) is 12.6. The molecule has 3 rings (SSSR count). The van der Waals surface area contributed by atoms with Gasteiger partial charge in [0.05, 0.1) is 6.04 Å². The highest BCUT2D eigenvalue weighted by atomic mass is 19.4. The maximum absolute atomic E-state index is 12.6. The van der Waals surface area contributed by atoms with Crippen molar-refractivity contribution in [2.45, 2.75) is 50.5 Å². The Labute approximate surface area is 156 Å². The van der Waals surface area contributed by atoms with Crippen molar-refractivity contribution < 1.29 is 27.5 Å². The summed E-state index contributed by atoms with van der Waals surface area (Å²) in [6.07, 6.45) is -2.53. The molecule has 0 spiro atoms. The number of piperazine rings is 1. The van der Waals surface area contributed by atoms with Crippen LogP contribution in [0.2, 0.25) is 0 Å². The van der Waals surface area contributed by atoms with E-state index in [1.54, 1.807) is 0 Å². The predicted octanol–water partition coefficient (Wildman–Crippen LogP) is 2.92. The lowest BCUT2D eigenvalue weighted by atomic mass is 9.97. The molecule has 0 radical (unpaired) electrons. The largest absolute Gasteiger partial charge is 0.449 e. The molecule has 8 heteroatoms. The molecule has 0 bridgehead atoms. The van der Waals surface area contributed by atoms with Gasteiger partial charge in [0.25, 0.3) is 0 Å². The van der Waals surface area contributed by atoms with Crippen LogP contribution in [-0.2, 0) is 14.3 Å². The van der Waals surface area contributed by atoms with Gasteiger partial charge in [-0.05, 0) is 32.3 Å². The Morgan fingerprint density at radius 2 is 1.81 bits per heavy atom. The second-order valence-electron chi connectivity index (χ2n) is 7.57. The van der Waals surface area contributed by atoms with E-state index in [9.17, 15) is 22.8 Å². The molecule has 1 aromatic carbocycles. The first kappa shape index (κ1) is 19.7. The summed E-state index contributed by atoms with van der Waals surface area (Å²) in [7, 11) is 0. The van der Waals surface area contributed by atoms with Gasteiger partial charge in [-0.2, -0.15) is 13.2 Å². The fourth-order valence-corrected chi connectivity index (χ4v) is 3.71. The molecule has 1 amide bonds. The van der Waals surface area contributed by atoms with Gasteiger partial charge in [-0.1, -0.05) is 30.3 Å². The number of alkyl halides is 3. The lowest BCUT2D eigenvalue weighted by Gasteiger charge is -2.47. The molecule has 0 aromatic heterocycles. The van der Waals surface area contributed by atoms with E-state index in [1.165, 1.54) is 4.90 Å². The van der Waals surface area contributed by atoms with Crippen LogP contribution in [0.25, 0.3) is 0 Å². The molecule has 2 fully saturated rings. The Kier molecular flexibility index (Phi) is 5.20. The van der Waals surface area contributed by atoms with Crippen molar-refractivity contribution in [3.8, 4) is 0 Å². The first-order valence-electron chi connectivity index (χ1n) is 8.97. The number of benzene rings is 1. The van der Waals surface area contributed by atoms with E-state index < -0.39 is 30.7 Å². The maximum atomic E-state index is 12.6. The first-order valence-corrected chi connectivity index (χ1v) is 8.97. The van der Waals surface area contributed by atoms with Crippen LogP contribution < -0.4 is 0 Å². The van der Waals surface area contributed by atoms with Gasteiger partial charge in [0.15, 0.2) is 6.61 Å². The lowest BCUT2D eigenvalue weighted by Crippen LogP contribution is -2.59. The van der Waals surface area contributed by atoms with Crippen molar-refractivity contribution in [1.29, 1.82) is 0 Å². The zero-order valence-corrected chi connectivity index (χ0v) is 15.3. The molecule has 148 valence electrons. The van der Waals surface area contributed by atoms with Crippen LogP contribution in [0.4, 0.5) is 13.2 Å². The molecule has 2 unspecified atom stereocenters. The Bertz CT molecular complexity index is 704. The number of rotatable bonds is 3. The summed E-state index contributed by atoms with van der Waals surface area (Å²) in [6, 6.07) is 8.81. The molecular formula is C19H23F3N2O3. The highest BCUT2D eigenvalue weighted by Gasteiger charge is 2.50. The summed E-state index contributed by atoms with van der Waals surface area (Å²) in [4.78, 5) is 28.2. The van der Waals surface area contributed by atoms with Crippen molar-refractivity contribution in [3.05, 3.63) is 35.9 Å². The molecular weight excluding hydrogens is 361 g/mol. The summed E-state index contributed by atoms with van der Waals surface area (Å²) in [5, 5.41) is 0. The highest BCUT2D eigenvalue weighted by molar-refractivity contribution is 6.32. The van der Waals surface area contributed by atoms with E-state index in [1.807, 2.05) is 37.3 Å². The number of hydrogen-bond donors (Lipinski definition) is 0. The molecule has 27 heavy (non-hydrogen) atoms. The normalized spacial score (nSPS) is 25.1. The molecule has 1 saturated heterocycles. The fraction of sp³-hybridized carbons (Fsp3) is 0.579. The van der Waals surface area contributed by atoms with E-state index in [0.717, 1.165) is 18.4 Å². The van der Waals surface area contributed by atoms with Crippen molar-refractivity contribution in [1.82, 2.24) is 9.80 Å².